The summed E-state index contributed by atoms with van der Waals surface area (Å²) in [6.45, 7) is 0. The van der Waals surface area contributed by atoms with Gasteiger partial charge in [0, 0.05) is 17.1 Å². The number of cyclic esters (lactones) is 1. The van der Waals surface area contributed by atoms with Crippen LogP contribution in [0.5, 0.6) is 5.75 Å². The second-order valence-electron chi connectivity index (χ2n) is 10.1. The molecule has 0 amide bonds. The highest BCUT2D eigenvalue weighted by Crippen LogP contribution is 2.48. The lowest BCUT2D eigenvalue weighted by Crippen LogP contribution is -2.29. The van der Waals surface area contributed by atoms with Crippen molar-refractivity contribution in [1.82, 2.24) is 10.3 Å². The minimum atomic E-state index is -1.81. The Labute approximate surface area is 215 Å². The summed E-state index contributed by atoms with van der Waals surface area (Å²) in [5.74, 6) is -0.862. The molecule has 1 atom stereocenters. The number of fused-ring (bicyclic) bond motifs is 1. The Hall–Kier alpha value is -3.52. The van der Waals surface area contributed by atoms with Crippen molar-refractivity contribution in [3.63, 3.8) is 0 Å². The second kappa shape index (κ2) is 10.8. The van der Waals surface area contributed by atoms with Gasteiger partial charge in [-0.25, -0.2) is 9.42 Å². The van der Waals surface area contributed by atoms with Crippen molar-refractivity contribution in [1.29, 1.82) is 0 Å². The minimum Gasteiger partial charge on any atom is -0.497 e. The minimum absolute atomic E-state index is 0.394. The van der Waals surface area contributed by atoms with Crippen molar-refractivity contribution >= 4 is 28.9 Å². The molecule has 2 fully saturated rings. The number of benzene rings is 2. The van der Waals surface area contributed by atoms with E-state index in [1.807, 2.05) is 0 Å². The fourth-order valence-electron chi connectivity index (χ4n) is 5.66. The number of aromatic nitrogens is 2. The van der Waals surface area contributed by atoms with Gasteiger partial charge in [-0.05, 0) is 77.5 Å². The number of rotatable bonds is 6. The van der Waals surface area contributed by atoms with E-state index in [1.54, 1.807) is 49.6 Å². The lowest BCUT2D eigenvalue weighted by atomic mass is 9.85. The van der Waals surface area contributed by atoms with Crippen molar-refractivity contribution in [2.75, 3.05) is 7.11 Å². The molecule has 8 heteroatoms. The van der Waals surface area contributed by atoms with Crippen LogP contribution in [0.3, 0.4) is 0 Å². The summed E-state index contributed by atoms with van der Waals surface area (Å²) in [4.78, 5) is 23.0. The molecule has 6 rings (SSSR count). The molecule has 1 unspecified atom stereocenters. The first kappa shape index (κ1) is 25.1. The third-order valence-electron chi connectivity index (χ3n) is 7.74. The number of hydrogen-bond donors (Lipinski definition) is 1. The summed E-state index contributed by atoms with van der Waals surface area (Å²) in [6, 6.07) is 12.2. The molecule has 0 bridgehead atoms. The average Bonchev–Trinajstić information content (AvgIpc) is 3.73. The summed E-state index contributed by atoms with van der Waals surface area (Å²) in [7, 11) is 1.58. The van der Waals surface area contributed by atoms with Crippen LogP contribution in [0.25, 0.3) is 16.6 Å². The fourth-order valence-corrected chi connectivity index (χ4v) is 5.66. The quantitative estimate of drug-likeness (QED) is 0.354. The molecule has 0 saturated heterocycles. The lowest BCUT2D eigenvalue weighted by Gasteiger charge is -2.27. The van der Waals surface area contributed by atoms with Gasteiger partial charge in [-0.3, -0.25) is 0 Å². The van der Waals surface area contributed by atoms with Crippen LogP contribution in [0.4, 0.5) is 0 Å². The molecule has 0 spiro atoms. The zero-order valence-corrected chi connectivity index (χ0v) is 21.0. The Morgan fingerprint density at radius 3 is 2.32 bits per heavy atom. The molecule has 37 heavy (non-hydrogen) atoms. The molecular weight excluding hydrogens is 472 g/mol. The van der Waals surface area contributed by atoms with Crippen LogP contribution in [-0.4, -0.2) is 34.8 Å². The molecular formula is C29H32N2O6. The standard InChI is InChI=1S/C23H22N2O5.C6H10O/c1-28-17-9-7-16(8-10-17)23(27)18(12-14-4-2-3-5-14)21(22(26)29-23)15-6-11-19-20(13-15)25-30-24-19;7-5-6-3-1-2-4-6/h6-11,13-14,27H,2-5,12H2,1H3;5-6H,1-4H2. The van der Waals surface area contributed by atoms with Gasteiger partial charge in [-0.1, -0.05) is 44.6 Å². The number of ether oxygens (including phenoxy) is 2. The predicted molar refractivity (Wildman–Crippen MR) is 136 cm³/mol. The van der Waals surface area contributed by atoms with Crippen LogP contribution in [-0.2, 0) is 20.1 Å². The zero-order valence-electron chi connectivity index (χ0n) is 21.0. The lowest BCUT2D eigenvalue weighted by molar-refractivity contribution is -0.185. The molecule has 2 aromatic carbocycles. The van der Waals surface area contributed by atoms with Gasteiger partial charge in [0.1, 0.15) is 23.1 Å². The van der Waals surface area contributed by atoms with Gasteiger partial charge in [0.15, 0.2) is 0 Å². The van der Waals surface area contributed by atoms with E-state index in [2.05, 4.69) is 10.3 Å². The largest absolute Gasteiger partial charge is 0.497 e. The summed E-state index contributed by atoms with van der Waals surface area (Å²) in [6.07, 6.45) is 11.0. The summed E-state index contributed by atoms with van der Waals surface area (Å²) >= 11 is 0. The maximum Gasteiger partial charge on any atom is 0.341 e. The van der Waals surface area contributed by atoms with Gasteiger partial charge in [-0.2, -0.15) is 0 Å². The van der Waals surface area contributed by atoms with Crippen molar-refractivity contribution in [3.8, 4) is 5.75 Å². The first-order chi connectivity index (χ1) is 18.0. The number of hydrogen-bond acceptors (Lipinski definition) is 8. The van der Waals surface area contributed by atoms with E-state index < -0.39 is 11.8 Å². The van der Waals surface area contributed by atoms with Crippen LogP contribution in [0, 0.1) is 11.8 Å². The van der Waals surface area contributed by atoms with Crippen molar-refractivity contribution in [3.05, 3.63) is 59.2 Å². The van der Waals surface area contributed by atoms with Crippen LogP contribution in [0.2, 0.25) is 0 Å². The van der Waals surface area contributed by atoms with Crippen LogP contribution in [0.15, 0.2) is 52.7 Å². The normalized spacial score (nSPS) is 22.3. The van der Waals surface area contributed by atoms with Gasteiger partial charge < -0.3 is 19.4 Å². The molecule has 3 aromatic rings. The van der Waals surface area contributed by atoms with E-state index >= 15 is 0 Å². The maximum atomic E-state index is 13.0. The Balaban J connectivity index is 0.000000348. The number of aldehydes is 1. The van der Waals surface area contributed by atoms with Gasteiger partial charge in [0.2, 0.25) is 0 Å². The average molecular weight is 505 g/mol. The van der Waals surface area contributed by atoms with Crippen LogP contribution in [0.1, 0.15) is 68.9 Å². The molecule has 194 valence electrons. The molecule has 3 aliphatic rings. The summed E-state index contributed by atoms with van der Waals surface area (Å²) < 4.78 is 15.6. The van der Waals surface area contributed by atoms with E-state index in [9.17, 15) is 14.7 Å². The first-order valence-electron chi connectivity index (χ1n) is 13.0. The number of methoxy groups -OCH3 is 1. The van der Waals surface area contributed by atoms with Gasteiger partial charge in [0.05, 0.1) is 12.7 Å². The third-order valence-corrected chi connectivity index (χ3v) is 7.74. The Bertz CT molecular complexity index is 1290. The van der Waals surface area contributed by atoms with E-state index in [0.717, 1.165) is 32.0 Å². The van der Waals surface area contributed by atoms with Crippen molar-refractivity contribution < 1.29 is 28.8 Å². The molecule has 2 saturated carbocycles. The second-order valence-corrected chi connectivity index (χ2v) is 10.1. The number of aliphatic hydroxyl groups is 1. The Morgan fingerprint density at radius 2 is 1.68 bits per heavy atom. The van der Waals surface area contributed by atoms with Crippen LogP contribution < -0.4 is 4.74 Å². The Kier molecular flexibility index (Phi) is 7.37. The number of nitrogens with zero attached hydrogens (tertiary/aromatic N) is 2. The van der Waals surface area contributed by atoms with Gasteiger partial charge >= 0.3 is 5.97 Å². The van der Waals surface area contributed by atoms with E-state index in [0.29, 0.717) is 57.3 Å². The molecule has 1 aliphatic heterocycles. The smallest absolute Gasteiger partial charge is 0.341 e. The molecule has 0 radical (unpaired) electrons. The highest BCUT2D eigenvalue weighted by molar-refractivity contribution is 6.20. The number of carbonyl (C=O) groups is 2. The maximum absolute atomic E-state index is 13.0. The third kappa shape index (κ3) is 5.16. The monoisotopic (exact) mass is 504 g/mol. The van der Waals surface area contributed by atoms with Crippen molar-refractivity contribution in [2.45, 2.75) is 63.6 Å². The zero-order chi connectivity index (χ0) is 25.8. The number of carbonyl (C=O) groups excluding carboxylic acids is 2. The van der Waals surface area contributed by atoms with E-state index in [4.69, 9.17) is 14.1 Å². The fraction of sp³-hybridized carbons (Fsp3) is 0.448. The van der Waals surface area contributed by atoms with Gasteiger partial charge in [-0.15, -0.1) is 0 Å². The molecule has 8 nitrogen and oxygen atoms in total. The predicted octanol–water partition coefficient (Wildman–Crippen LogP) is 5.34. The number of esters is 1. The topological polar surface area (TPSA) is 112 Å². The molecule has 2 aliphatic carbocycles. The van der Waals surface area contributed by atoms with Gasteiger partial charge in [0.25, 0.3) is 5.79 Å². The Morgan fingerprint density at radius 1 is 1.00 bits per heavy atom. The van der Waals surface area contributed by atoms with E-state index in [1.165, 1.54) is 25.7 Å². The SMILES string of the molecule is COc1ccc(C2(O)OC(=O)C(c3ccc4nonc4c3)=C2CC2CCCC2)cc1.O=CC1CCCC1. The summed E-state index contributed by atoms with van der Waals surface area (Å²) in [5, 5.41) is 19.3. The molecule has 1 aromatic heterocycles. The molecule has 2 heterocycles. The van der Waals surface area contributed by atoms with E-state index in [-0.39, 0.29) is 0 Å². The van der Waals surface area contributed by atoms with Crippen LogP contribution >= 0.6 is 0 Å². The summed E-state index contributed by atoms with van der Waals surface area (Å²) in [5.41, 5.74) is 3.29. The van der Waals surface area contributed by atoms with Crippen molar-refractivity contribution in [2.24, 2.45) is 11.8 Å². The molecule has 1 N–H and O–H groups in total. The highest BCUT2D eigenvalue weighted by Gasteiger charge is 2.48. The highest BCUT2D eigenvalue weighted by atomic mass is 16.7. The first-order valence-corrected chi connectivity index (χ1v) is 13.0.